The molecule has 136 valence electrons. The standard InChI is InChI=1S/C19H27ClN4O/c1-4-17-15(18(5-2)25-24-17)13-23-19(21-6-3)22-12-11-14-9-7-8-10-16(14)20/h7-10H,4-6,11-13H2,1-3H3,(H2,21,22,23). The van der Waals surface area contributed by atoms with E-state index in [9.17, 15) is 0 Å². The van der Waals surface area contributed by atoms with Gasteiger partial charge in [0, 0.05) is 30.1 Å². The van der Waals surface area contributed by atoms with E-state index >= 15 is 0 Å². The second-order valence-corrected chi connectivity index (χ2v) is 6.11. The van der Waals surface area contributed by atoms with Gasteiger partial charge in [-0.25, -0.2) is 4.99 Å². The van der Waals surface area contributed by atoms with E-state index < -0.39 is 0 Å². The van der Waals surface area contributed by atoms with Gasteiger partial charge in [-0.1, -0.05) is 48.8 Å². The fourth-order valence-corrected chi connectivity index (χ4v) is 2.86. The highest BCUT2D eigenvalue weighted by Crippen LogP contribution is 2.17. The van der Waals surface area contributed by atoms with Crippen molar-refractivity contribution in [3.05, 3.63) is 51.9 Å². The molecular weight excluding hydrogens is 336 g/mol. The van der Waals surface area contributed by atoms with Crippen LogP contribution in [0.25, 0.3) is 0 Å². The van der Waals surface area contributed by atoms with Crippen molar-refractivity contribution in [1.82, 2.24) is 15.8 Å². The molecule has 0 unspecified atom stereocenters. The van der Waals surface area contributed by atoms with Crippen LogP contribution in [0, 0.1) is 0 Å². The molecule has 0 aliphatic rings. The summed E-state index contributed by atoms with van der Waals surface area (Å²) in [6.45, 7) is 8.35. The fourth-order valence-electron chi connectivity index (χ4n) is 2.63. The lowest BCUT2D eigenvalue weighted by Crippen LogP contribution is -2.38. The molecule has 0 fully saturated rings. The molecule has 0 amide bonds. The van der Waals surface area contributed by atoms with Gasteiger partial charge in [0.2, 0.25) is 0 Å². The zero-order chi connectivity index (χ0) is 18.1. The largest absolute Gasteiger partial charge is 0.361 e. The molecule has 0 saturated carbocycles. The van der Waals surface area contributed by atoms with Crippen LogP contribution in [-0.4, -0.2) is 24.2 Å². The van der Waals surface area contributed by atoms with Gasteiger partial charge in [0.25, 0.3) is 0 Å². The molecule has 6 heteroatoms. The van der Waals surface area contributed by atoms with Crippen molar-refractivity contribution in [3.8, 4) is 0 Å². The van der Waals surface area contributed by atoms with Gasteiger partial charge >= 0.3 is 0 Å². The van der Waals surface area contributed by atoms with Gasteiger partial charge in [0.1, 0.15) is 5.76 Å². The number of benzene rings is 1. The first kappa shape index (κ1) is 19.3. The summed E-state index contributed by atoms with van der Waals surface area (Å²) in [4.78, 5) is 4.69. The van der Waals surface area contributed by atoms with Crippen LogP contribution in [0.5, 0.6) is 0 Å². The van der Waals surface area contributed by atoms with Gasteiger partial charge in [0.05, 0.1) is 12.2 Å². The van der Waals surface area contributed by atoms with Crippen LogP contribution in [0.4, 0.5) is 0 Å². The number of nitrogens with one attached hydrogen (secondary N) is 2. The van der Waals surface area contributed by atoms with Crippen LogP contribution in [0.15, 0.2) is 33.8 Å². The van der Waals surface area contributed by atoms with Crippen LogP contribution in [0.1, 0.15) is 43.4 Å². The molecule has 5 nitrogen and oxygen atoms in total. The Kier molecular flexibility index (Phi) is 7.79. The lowest BCUT2D eigenvalue weighted by Gasteiger charge is -2.12. The number of rotatable bonds is 8. The SMILES string of the molecule is CCNC(=NCc1c(CC)noc1CC)NCCc1ccccc1Cl. The lowest BCUT2D eigenvalue weighted by atomic mass is 10.1. The van der Waals surface area contributed by atoms with E-state index in [1.807, 2.05) is 24.3 Å². The highest BCUT2D eigenvalue weighted by molar-refractivity contribution is 6.31. The van der Waals surface area contributed by atoms with Gasteiger partial charge in [-0.2, -0.15) is 0 Å². The van der Waals surface area contributed by atoms with Gasteiger partial charge in [-0.15, -0.1) is 0 Å². The smallest absolute Gasteiger partial charge is 0.191 e. The minimum Gasteiger partial charge on any atom is -0.361 e. The van der Waals surface area contributed by atoms with E-state index in [1.165, 1.54) is 0 Å². The zero-order valence-corrected chi connectivity index (χ0v) is 16.0. The Hall–Kier alpha value is -2.01. The molecule has 2 N–H and O–H groups in total. The maximum Gasteiger partial charge on any atom is 0.191 e. The first-order valence-corrected chi connectivity index (χ1v) is 9.29. The summed E-state index contributed by atoms with van der Waals surface area (Å²) in [6.07, 6.45) is 2.52. The third kappa shape index (κ3) is 5.49. The Morgan fingerprint density at radius 3 is 2.64 bits per heavy atom. The predicted molar refractivity (Wildman–Crippen MR) is 103 cm³/mol. The number of nitrogens with zero attached hydrogens (tertiary/aromatic N) is 2. The molecular formula is C19H27ClN4O. The molecule has 25 heavy (non-hydrogen) atoms. The van der Waals surface area contributed by atoms with Crippen molar-refractivity contribution in [2.75, 3.05) is 13.1 Å². The Bertz CT molecular complexity index is 675. The van der Waals surface area contributed by atoms with Crippen LogP contribution < -0.4 is 10.6 Å². The zero-order valence-electron chi connectivity index (χ0n) is 15.2. The number of aromatic nitrogens is 1. The normalized spacial score (nSPS) is 11.6. The van der Waals surface area contributed by atoms with Crippen molar-refractivity contribution in [3.63, 3.8) is 0 Å². The maximum absolute atomic E-state index is 6.21. The summed E-state index contributed by atoms with van der Waals surface area (Å²) >= 11 is 6.21. The number of guanidine groups is 1. The highest BCUT2D eigenvalue weighted by atomic mass is 35.5. The number of hydrogen-bond donors (Lipinski definition) is 2. The Balaban J connectivity index is 1.99. The molecule has 1 heterocycles. The van der Waals surface area contributed by atoms with Crippen molar-refractivity contribution in [1.29, 1.82) is 0 Å². The molecule has 0 bridgehead atoms. The number of halogens is 1. The van der Waals surface area contributed by atoms with Crippen LogP contribution >= 0.6 is 11.6 Å². The molecule has 1 aromatic heterocycles. The van der Waals surface area contributed by atoms with Crippen molar-refractivity contribution >= 4 is 17.6 Å². The topological polar surface area (TPSA) is 62.5 Å². The van der Waals surface area contributed by atoms with Gasteiger partial charge in [0.15, 0.2) is 5.96 Å². The van der Waals surface area contributed by atoms with Crippen LogP contribution in [0.2, 0.25) is 5.02 Å². The number of hydrogen-bond acceptors (Lipinski definition) is 3. The van der Waals surface area contributed by atoms with E-state index in [0.29, 0.717) is 6.54 Å². The number of aliphatic imine (C=N–C) groups is 1. The first-order valence-electron chi connectivity index (χ1n) is 8.91. The second-order valence-electron chi connectivity index (χ2n) is 5.70. The van der Waals surface area contributed by atoms with E-state index in [0.717, 1.165) is 65.9 Å². The lowest BCUT2D eigenvalue weighted by molar-refractivity contribution is 0.380. The average Bonchev–Trinajstić information content (AvgIpc) is 3.03. The third-order valence-electron chi connectivity index (χ3n) is 3.99. The van der Waals surface area contributed by atoms with Gasteiger partial charge in [-0.05, 0) is 31.4 Å². The van der Waals surface area contributed by atoms with E-state index in [2.05, 4.69) is 41.6 Å². The molecule has 1 aromatic carbocycles. The minimum absolute atomic E-state index is 0.567. The Labute approximate surface area is 154 Å². The summed E-state index contributed by atoms with van der Waals surface area (Å²) in [5.74, 6) is 1.72. The summed E-state index contributed by atoms with van der Waals surface area (Å²) in [5.41, 5.74) is 3.23. The van der Waals surface area contributed by atoms with E-state index in [-0.39, 0.29) is 0 Å². The molecule has 0 aliphatic carbocycles. The predicted octanol–water partition coefficient (Wildman–Crippen LogP) is 3.75. The first-order chi connectivity index (χ1) is 12.2. The molecule has 0 spiro atoms. The Morgan fingerprint density at radius 1 is 1.16 bits per heavy atom. The monoisotopic (exact) mass is 362 g/mol. The molecule has 2 rings (SSSR count). The van der Waals surface area contributed by atoms with Crippen LogP contribution in [-0.2, 0) is 25.8 Å². The molecule has 0 radical (unpaired) electrons. The number of aryl methyl sites for hydroxylation is 2. The summed E-state index contributed by atoms with van der Waals surface area (Å²) in [5, 5.41) is 11.6. The third-order valence-corrected chi connectivity index (χ3v) is 4.36. The quantitative estimate of drug-likeness (QED) is 0.554. The Morgan fingerprint density at radius 2 is 1.96 bits per heavy atom. The molecule has 0 saturated heterocycles. The van der Waals surface area contributed by atoms with Crippen molar-refractivity contribution in [2.24, 2.45) is 4.99 Å². The second kappa shape index (κ2) is 10.1. The average molecular weight is 363 g/mol. The summed E-state index contributed by atoms with van der Waals surface area (Å²) < 4.78 is 5.41. The summed E-state index contributed by atoms with van der Waals surface area (Å²) in [7, 11) is 0. The van der Waals surface area contributed by atoms with E-state index in [4.69, 9.17) is 16.1 Å². The van der Waals surface area contributed by atoms with E-state index in [1.54, 1.807) is 0 Å². The van der Waals surface area contributed by atoms with Crippen molar-refractivity contribution in [2.45, 2.75) is 46.6 Å². The van der Waals surface area contributed by atoms with Gasteiger partial charge < -0.3 is 15.2 Å². The molecule has 0 atom stereocenters. The molecule has 2 aromatic rings. The van der Waals surface area contributed by atoms with Crippen LogP contribution in [0.3, 0.4) is 0 Å². The fraction of sp³-hybridized carbons (Fsp3) is 0.474. The maximum atomic E-state index is 6.21. The summed E-state index contributed by atoms with van der Waals surface area (Å²) in [6, 6.07) is 7.91. The minimum atomic E-state index is 0.567. The van der Waals surface area contributed by atoms with Gasteiger partial charge in [-0.3, -0.25) is 0 Å². The highest BCUT2D eigenvalue weighted by Gasteiger charge is 2.13. The molecule has 0 aliphatic heterocycles. The van der Waals surface area contributed by atoms with Crippen molar-refractivity contribution < 1.29 is 4.52 Å².